The fraction of sp³-hybridized carbons (Fsp3) is 0.258. The Labute approximate surface area is 227 Å². The summed E-state index contributed by atoms with van der Waals surface area (Å²) in [4.78, 5) is 40.1. The van der Waals surface area contributed by atoms with Crippen LogP contribution >= 0.6 is 0 Å². The molecule has 0 aromatic heterocycles. The largest absolute Gasteiger partial charge is 0.507 e. The van der Waals surface area contributed by atoms with Crippen molar-refractivity contribution in [3.8, 4) is 11.5 Å². The van der Waals surface area contributed by atoms with Crippen LogP contribution in [0.2, 0.25) is 0 Å². The van der Waals surface area contributed by atoms with Crippen LogP contribution in [0.15, 0.2) is 72.3 Å². The number of hydrogen-bond acceptors (Lipinski definition) is 6. The summed E-state index contributed by atoms with van der Waals surface area (Å²) in [5.41, 5.74) is 2.29. The normalized spacial score (nSPS) is 16.8. The highest BCUT2D eigenvalue weighted by Crippen LogP contribution is 2.44. The molecule has 1 aliphatic heterocycles. The minimum Gasteiger partial charge on any atom is -0.507 e. The summed E-state index contributed by atoms with van der Waals surface area (Å²) >= 11 is 0. The Balaban J connectivity index is 1.96. The lowest BCUT2D eigenvalue weighted by Gasteiger charge is -2.26. The first-order chi connectivity index (χ1) is 18.5. The first-order valence-electron chi connectivity index (χ1n) is 12.5. The zero-order valence-electron chi connectivity index (χ0n) is 22.9. The number of amides is 2. The molecule has 0 radical (unpaired) electrons. The van der Waals surface area contributed by atoms with E-state index in [1.54, 1.807) is 73.8 Å². The molecule has 0 aliphatic carbocycles. The number of ether oxygens (including phenoxy) is 2. The number of benzene rings is 3. The van der Waals surface area contributed by atoms with Gasteiger partial charge in [0.1, 0.15) is 17.3 Å². The zero-order valence-corrected chi connectivity index (χ0v) is 22.9. The van der Waals surface area contributed by atoms with Crippen molar-refractivity contribution in [1.29, 1.82) is 0 Å². The van der Waals surface area contributed by atoms with Crippen molar-refractivity contribution in [3.05, 3.63) is 89.0 Å². The molecule has 0 spiro atoms. The molecule has 2 N–H and O–H groups in total. The van der Waals surface area contributed by atoms with Crippen molar-refractivity contribution in [2.24, 2.45) is 0 Å². The average Bonchev–Trinajstić information content (AvgIpc) is 3.17. The average molecular weight is 529 g/mol. The van der Waals surface area contributed by atoms with E-state index >= 15 is 0 Å². The van der Waals surface area contributed by atoms with E-state index in [4.69, 9.17) is 9.47 Å². The minimum absolute atomic E-state index is 0.0526. The number of aliphatic hydroxyl groups is 1. The number of carbonyl (C=O) groups is 3. The van der Waals surface area contributed by atoms with Gasteiger partial charge in [-0.3, -0.25) is 19.3 Å². The number of ketones is 1. The van der Waals surface area contributed by atoms with Gasteiger partial charge in [-0.15, -0.1) is 0 Å². The second-order valence-electron chi connectivity index (χ2n) is 10.3. The number of anilines is 2. The van der Waals surface area contributed by atoms with Crippen molar-refractivity contribution >= 4 is 34.7 Å². The lowest BCUT2D eigenvalue weighted by molar-refractivity contribution is -0.132. The predicted octanol–water partition coefficient (Wildman–Crippen LogP) is 5.59. The van der Waals surface area contributed by atoms with Crippen molar-refractivity contribution in [2.45, 2.75) is 39.2 Å². The summed E-state index contributed by atoms with van der Waals surface area (Å²) in [5, 5.41) is 14.3. The summed E-state index contributed by atoms with van der Waals surface area (Å²) in [6, 6.07) is 17.9. The van der Waals surface area contributed by atoms with Gasteiger partial charge in [0.05, 0.1) is 25.8 Å². The molecule has 1 aliphatic rings. The number of methoxy groups -OCH3 is 2. The fourth-order valence-corrected chi connectivity index (χ4v) is 4.76. The van der Waals surface area contributed by atoms with E-state index in [0.717, 1.165) is 5.56 Å². The number of aliphatic hydroxyl groups excluding tert-OH is 1. The van der Waals surface area contributed by atoms with Crippen molar-refractivity contribution in [2.75, 3.05) is 24.4 Å². The van der Waals surface area contributed by atoms with Crippen LogP contribution in [0.3, 0.4) is 0 Å². The fourth-order valence-electron chi connectivity index (χ4n) is 4.76. The van der Waals surface area contributed by atoms with Gasteiger partial charge in [0.2, 0.25) is 5.91 Å². The number of nitrogens with one attached hydrogen (secondary N) is 1. The molecule has 8 nitrogen and oxygen atoms in total. The van der Waals surface area contributed by atoms with Gasteiger partial charge < -0.3 is 19.9 Å². The predicted molar refractivity (Wildman–Crippen MR) is 150 cm³/mol. The summed E-state index contributed by atoms with van der Waals surface area (Å²) in [5.74, 6) is -1.00. The van der Waals surface area contributed by atoms with Gasteiger partial charge in [0, 0.05) is 29.4 Å². The Morgan fingerprint density at radius 1 is 0.949 bits per heavy atom. The second-order valence-corrected chi connectivity index (χ2v) is 10.3. The first-order valence-corrected chi connectivity index (χ1v) is 12.5. The smallest absolute Gasteiger partial charge is 0.300 e. The number of rotatable bonds is 6. The standard InChI is InChI=1S/C31H32N2O6/c1-18(34)32-21-10-8-11-22(17-21)33-27(19-9-7-12-23(15-19)38-5)26(29(36)30(33)37)28(35)20-13-14-25(39-6)24(16-20)31(2,3)4/h7-17,27,35H,1-6H3,(H,32,34)/b28-26-. The van der Waals surface area contributed by atoms with Gasteiger partial charge in [-0.2, -0.15) is 0 Å². The molecule has 1 fully saturated rings. The number of carbonyl (C=O) groups excluding carboxylic acids is 3. The summed E-state index contributed by atoms with van der Waals surface area (Å²) < 4.78 is 10.9. The van der Waals surface area contributed by atoms with Crippen molar-refractivity contribution in [3.63, 3.8) is 0 Å². The Morgan fingerprint density at radius 3 is 2.31 bits per heavy atom. The zero-order chi connectivity index (χ0) is 28.5. The van der Waals surface area contributed by atoms with E-state index < -0.39 is 17.7 Å². The Kier molecular flexibility index (Phi) is 7.49. The molecule has 1 saturated heterocycles. The molecule has 0 saturated carbocycles. The van der Waals surface area contributed by atoms with Crippen molar-refractivity contribution < 1.29 is 29.0 Å². The van der Waals surface area contributed by atoms with Crippen LogP contribution in [0.4, 0.5) is 11.4 Å². The summed E-state index contributed by atoms with van der Waals surface area (Å²) in [7, 11) is 3.10. The number of Topliss-reactive ketones (excluding diaryl/α,β-unsaturated/α-hetero) is 1. The molecule has 39 heavy (non-hydrogen) atoms. The van der Waals surface area contributed by atoms with E-state index in [9.17, 15) is 19.5 Å². The molecule has 1 heterocycles. The molecule has 8 heteroatoms. The summed E-state index contributed by atoms with van der Waals surface area (Å²) in [6.45, 7) is 7.44. The van der Waals surface area contributed by atoms with Gasteiger partial charge >= 0.3 is 0 Å². The Bertz CT molecular complexity index is 1480. The van der Waals surface area contributed by atoms with E-state index in [-0.39, 0.29) is 22.7 Å². The van der Waals surface area contributed by atoms with Gasteiger partial charge in [0.25, 0.3) is 11.7 Å². The highest BCUT2D eigenvalue weighted by Gasteiger charge is 2.47. The maximum Gasteiger partial charge on any atom is 0.300 e. The molecular weight excluding hydrogens is 496 g/mol. The van der Waals surface area contributed by atoms with Crippen LogP contribution < -0.4 is 19.7 Å². The molecule has 1 atom stereocenters. The van der Waals surface area contributed by atoms with Crippen LogP contribution in [-0.2, 0) is 19.8 Å². The van der Waals surface area contributed by atoms with Crippen LogP contribution in [-0.4, -0.2) is 36.9 Å². The topological polar surface area (TPSA) is 105 Å². The Morgan fingerprint density at radius 2 is 1.67 bits per heavy atom. The SMILES string of the molecule is COc1cccc(C2/C(=C(/O)c3ccc(OC)c(C(C)(C)C)c3)C(=O)C(=O)N2c2cccc(NC(C)=O)c2)c1. The maximum atomic E-state index is 13.6. The highest BCUT2D eigenvalue weighted by atomic mass is 16.5. The molecule has 1 unspecified atom stereocenters. The van der Waals surface area contributed by atoms with E-state index in [1.165, 1.54) is 18.9 Å². The van der Waals surface area contributed by atoms with Crippen LogP contribution in [0.25, 0.3) is 5.76 Å². The van der Waals surface area contributed by atoms with E-state index in [1.807, 2.05) is 20.8 Å². The molecule has 4 rings (SSSR count). The van der Waals surface area contributed by atoms with Gasteiger partial charge in [-0.25, -0.2) is 0 Å². The Hall–Kier alpha value is -4.59. The van der Waals surface area contributed by atoms with Crippen LogP contribution in [0.5, 0.6) is 11.5 Å². The molecule has 3 aromatic carbocycles. The van der Waals surface area contributed by atoms with Crippen molar-refractivity contribution in [1.82, 2.24) is 0 Å². The molecule has 202 valence electrons. The third-order valence-electron chi connectivity index (χ3n) is 6.58. The molecule has 3 aromatic rings. The lowest BCUT2D eigenvalue weighted by atomic mass is 9.84. The van der Waals surface area contributed by atoms with Gasteiger partial charge in [-0.1, -0.05) is 39.0 Å². The minimum atomic E-state index is -0.951. The molecular formula is C31H32N2O6. The first kappa shape index (κ1) is 27.4. The van der Waals surface area contributed by atoms with Gasteiger partial charge in [0.15, 0.2) is 0 Å². The van der Waals surface area contributed by atoms with Crippen LogP contribution in [0.1, 0.15) is 50.4 Å². The number of hydrogen-bond donors (Lipinski definition) is 2. The number of nitrogens with zero attached hydrogens (tertiary/aromatic N) is 1. The second kappa shape index (κ2) is 10.6. The van der Waals surface area contributed by atoms with E-state index in [0.29, 0.717) is 34.0 Å². The lowest BCUT2D eigenvalue weighted by Crippen LogP contribution is -2.29. The third kappa shape index (κ3) is 5.36. The quantitative estimate of drug-likeness (QED) is 0.246. The highest BCUT2D eigenvalue weighted by molar-refractivity contribution is 6.51. The molecule has 2 amide bonds. The maximum absolute atomic E-state index is 13.6. The molecule has 0 bridgehead atoms. The van der Waals surface area contributed by atoms with E-state index in [2.05, 4.69) is 5.32 Å². The van der Waals surface area contributed by atoms with Gasteiger partial charge in [-0.05, 0) is 59.5 Å². The third-order valence-corrected chi connectivity index (χ3v) is 6.58. The van der Waals surface area contributed by atoms with Crippen LogP contribution in [0, 0.1) is 0 Å². The summed E-state index contributed by atoms with van der Waals surface area (Å²) in [6.07, 6.45) is 0. The monoisotopic (exact) mass is 528 g/mol.